The molecule has 1 aliphatic carbocycles. The number of hydrogen-bond acceptors (Lipinski definition) is 5. The molecule has 6 nitrogen and oxygen atoms in total. The van der Waals surface area contributed by atoms with E-state index in [1.54, 1.807) is 0 Å². The Morgan fingerprint density at radius 3 is 2.32 bits per heavy atom. The fourth-order valence-electron chi connectivity index (χ4n) is 3.67. The molecule has 1 aliphatic heterocycles. The van der Waals surface area contributed by atoms with Crippen molar-refractivity contribution in [2.45, 2.75) is 37.6 Å². The van der Waals surface area contributed by atoms with Crippen LogP contribution in [0.5, 0.6) is 0 Å². The average Bonchev–Trinajstić information content (AvgIpc) is 2.68. The van der Waals surface area contributed by atoms with Gasteiger partial charge in [-0.2, -0.15) is 0 Å². The Labute approximate surface area is 148 Å². The van der Waals surface area contributed by atoms with Crippen LogP contribution < -0.4 is 10.2 Å². The van der Waals surface area contributed by atoms with Crippen molar-refractivity contribution in [2.24, 2.45) is 0 Å². The van der Waals surface area contributed by atoms with Crippen molar-refractivity contribution < 1.29 is 19.1 Å². The number of esters is 1. The fraction of sp³-hybridized carbons (Fsp3) is 0.579. The van der Waals surface area contributed by atoms with Crippen LogP contribution in [0.1, 0.15) is 42.5 Å². The van der Waals surface area contributed by atoms with Gasteiger partial charge in [0, 0.05) is 24.3 Å². The number of ether oxygens (including phenoxy) is 2. The van der Waals surface area contributed by atoms with E-state index in [0.717, 1.165) is 51.3 Å². The highest BCUT2D eigenvalue weighted by Crippen LogP contribution is 2.30. The van der Waals surface area contributed by atoms with Crippen LogP contribution in [-0.2, 0) is 14.3 Å². The van der Waals surface area contributed by atoms with Gasteiger partial charge in [-0.1, -0.05) is 19.3 Å². The standard InChI is InChI=1S/C19H26N2O4/c1-24-18(23)19(9-3-2-4-10-19)20-17(22)15-5-7-16(8-6-15)21-11-13-25-14-12-21/h5-8H,2-4,9-14H2,1H3,(H,20,22). The molecule has 0 bridgehead atoms. The van der Waals surface area contributed by atoms with Crippen molar-refractivity contribution in [3.8, 4) is 0 Å². The molecule has 0 spiro atoms. The first-order valence-corrected chi connectivity index (χ1v) is 8.98. The molecule has 1 aromatic rings. The summed E-state index contributed by atoms with van der Waals surface area (Å²) < 4.78 is 10.3. The highest BCUT2D eigenvalue weighted by Gasteiger charge is 2.42. The van der Waals surface area contributed by atoms with Crippen molar-refractivity contribution in [1.82, 2.24) is 5.32 Å². The van der Waals surface area contributed by atoms with E-state index in [1.807, 2.05) is 24.3 Å². The molecule has 0 unspecified atom stereocenters. The number of nitrogens with one attached hydrogen (secondary N) is 1. The topological polar surface area (TPSA) is 67.9 Å². The SMILES string of the molecule is COC(=O)C1(NC(=O)c2ccc(N3CCOCC3)cc2)CCCCC1. The van der Waals surface area contributed by atoms with Crippen LogP contribution in [0.2, 0.25) is 0 Å². The molecule has 1 saturated heterocycles. The number of methoxy groups -OCH3 is 1. The maximum atomic E-state index is 12.7. The van der Waals surface area contributed by atoms with Crippen LogP contribution in [0.25, 0.3) is 0 Å². The molecule has 1 heterocycles. The molecule has 3 rings (SSSR count). The van der Waals surface area contributed by atoms with E-state index < -0.39 is 5.54 Å². The highest BCUT2D eigenvalue weighted by atomic mass is 16.5. The summed E-state index contributed by atoms with van der Waals surface area (Å²) in [6, 6.07) is 7.53. The third-order valence-corrected chi connectivity index (χ3v) is 5.14. The summed E-state index contributed by atoms with van der Waals surface area (Å²) in [5.74, 6) is -0.564. The maximum Gasteiger partial charge on any atom is 0.331 e. The van der Waals surface area contributed by atoms with Crippen molar-refractivity contribution in [1.29, 1.82) is 0 Å². The molecule has 1 aromatic carbocycles. The lowest BCUT2D eigenvalue weighted by Crippen LogP contribution is -2.56. The van der Waals surface area contributed by atoms with Crippen molar-refractivity contribution >= 4 is 17.6 Å². The van der Waals surface area contributed by atoms with Gasteiger partial charge in [0.15, 0.2) is 0 Å². The Hall–Kier alpha value is -2.08. The minimum Gasteiger partial charge on any atom is -0.467 e. The Bertz CT molecular complexity index is 602. The summed E-state index contributed by atoms with van der Waals surface area (Å²) in [7, 11) is 1.38. The molecule has 0 radical (unpaired) electrons. The lowest BCUT2D eigenvalue weighted by Gasteiger charge is -2.35. The zero-order valence-electron chi connectivity index (χ0n) is 14.8. The lowest BCUT2D eigenvalue weighted by molar-refractivity contribution is -0.149. The smallest absolute Gasteiger partial charge is 0.331 e. The van der Waals surface area contributed by atoms with Gasteiger partial charge in [0.25, 0.3) is 5.91 Å². The van der Waals surface area contributed by atoms with E-state index >= 15 is 0 Å². The van der Waals surface area contributed by atoms with Crippen LogP contribution >= 0.6 is 0 Å². The second-order valence-corrected chi connectivity index (χ2v) is 6.73. The van der Waals surface area contributed by atoms with Crippen molar-refractivity contribution in [2.75, 3.05) is 38.3 Å². The van der Waals surface area contributed by atoms with Crippen LogP contribution in [0.15, 0.2) is 24.3 Å². The van der Waals surface area contributed by atoms with Gasteiger partial charge >= 0.3 is 5.97 Å². The minimum atomic E-state index is -0.882. The van der Waals surface area contributed by atoms with Crippen LogP contribution in [0.3, 0.4) is 0 Å². The summed E-state index contributed by atoms with van der Waals surface area (Å²) >= 11 is 0. The van der Waals surface area contributed by atoms with Gasteiger partial charge in [-0.3, -0.25) is 4.79 Å². The number of anilines is 1. The predicted octanol–water partition coefficient (Wildman–Crippen LogP) is 2.13. The molecule has 2 aliphatic rings. The largest absolute Gasteiger partial charge is 0.467 e. The molecular weight excluding hydrogens is 320 g/mol. The van der Waals surface area contributed by atoms with Gasteiger partial charge in [-0.05, 0) is 37.1 Å². The van der Waals surface area contributed by atoms with Crippen molar-refractivity contribution in [3.05, 3.63) is 29.8 Å². The second kappa shape index (κ2) is 7.87. The van der Waals surface area contributed by atoms with Crippen LogP contribution in [0, 0.1) is 0 Å². The maximum absolute atomic E-state index is 12.7. The number of amides is 1. The zero-order chi connectivity index (χ0) is 17.7. The van der Waals surface area contributed by atoms with Gasteiger partial charge in [-0.25, -0.2) is 4.79 Å². The number of benzene rings is 1. The third kappa shape index (κ3) is 3.95. The summed E-state index contributed by atoms with van der Waals surface area (Å²) in [6.07, 6.45) is 4.20. The number of carbonyl (C=O) groups excluding carboxylic acids is 2. The predicted molar refractivity (Wildman–Crippen MR) is 94.8 cm³/mol. The molecule has 1 saturated carbocycles. The van der Waals surface area contributed by atoms with Gasteiger partial charge in [-0.15, -0.1) is 0 Å². The molecular formula is C19H26N2O4. The Kier molecular flexibility index (Phi) is 5.58. The molecule has 2 fully saturated rings. The van der Waals surface area contributed by atoms with E-state index in [4.69, 9.17) is 9.47 Å². The first-order chi connectivity index (χ1) is 12.1. The first kappa shape index (κ1) is 17.7. The lowest BCUT2D eigenvalue weighted by atomic mass is 9.81. The van der Waals surface area contributed by atoms with Crippen LogP contribution in [0.4, 0.5) is 5.69 Å². The summed E-state index contributed by atoms with van der Waals surface area (Å²) in [5, 5.41) is 2.95. The summed E-state index contributed by atoms with van der Waals surface area (Å²) in [4.78, 5) is 27.2. The molecule has 6 heteroatoms. The number of hydrogen-bond donors (Lipinski definition) is 1. The number of morpholine rings is 1. The summed E-state index contributed by atoms with van der Waals surface area (Å²) in [6.45, 7) is 3.17. The minimum absolute atomic E-state index is 0.221. The summed E-state index contributed by atoms with van der Waals surface area (Å²) in [5.41, 5.74) is 0.763. The normalized spacial score (nSPS) is 20.0. The van der Waals surface area contributed by atoms with E-state index in [1.165, 1.54) is 7.11 Å². The van der Waals surface area contributed by atoms with Gasteiger partial charge < -0.3 is 19.7 Å². The highest BCUT2D eigenvalue weighted by molar-refractivity contribution is 5.98. The van der Waals surface area contributed by atoms with Gasteiger partial charge in [0.05, 0.1) is 20.3 Å². The first-order valence-electron chi connectivity index (χ1n) is 8.98. The van der Waals surface area contributed by atoms with E-state index in [2.05, 4.69) is 10.2 Å². The molecule has 1 amide bonds. The molecule has 0 aromatic heterocycles. The third-order valence-electron chi connectivity index (χ3n) is 5.14. The van der Waals surface area contributed by atoms with Crippen molar-refractivity contribution in [3.63, 3.8) is 0 Å². The van der Waals surface area contributed by atoms with E-state index in [0.29, 0.717) is 18.4 Å². The monoisotopic (exact) mass is 346 g/mol. The molecule has 25 heavy (non-hydrogen) atoms. The van der Waals surface area contributed by atoms with E-state index in [-0.39, 0.29) is 11.9 Å². The molecule has 136 valence electrons. The number of nitrogens with zero attached hydrogens (tertiary/aromatic N) is 1. The Morgan fingerprint density at radius 2 is 1.72 bits per heavy atom. The second-order valence-electron chi connectivity index (χ2n) is 6.73. The van der Waals surface area contributed by atoms with Gasteiger partial charge in [0.2, 0.25) is 0 Å². The number of carbonyl (C=O) groups is 2. The Morgan fingerprint density at radius 1 is 1.08 bits per heavy atom. The zero-order valence-corrected chi connectivity index (χ0v) is 14.8. The van der Waals surface area contributed by atoms with Gasteiger partial charge in [0.1, 0.15) is 5.54 Å². The fourth-order valence-corrected chi connectivity index (χ4v) is 3.67. The average molecular weight is 346 g/mol. The number of rotatable bonds is 4. The molecule has 0 atom stereocenters. The van der Waals surface area contributed by atoms with Crippen LogP contribution in [-0.4, -0.2) is 50.8 Å². The quantitative estimate of drug-likeness (QED) is 0.846. The van der Waals surface area contributed by atoms with E-state index in [9.17, 15) is 9.59 Å². The Balaban J connectivity index is 1.70. The molecule has 1 N–H and O–H groups in total.